The topological polar surface area (TPSA) is 197 Å². The van der Waals surface area contributed by atoms with Crippen LogP contribution in [-0.2, 0) is 26.8 Å². The van der Waals surface area contributed by atoms with E-state index in [0.717, 1.165) is 35.3 Å². The van der Waals surface area contributed by atoms with Gasteiger partial charge in [0.1, 0.15) is 26.8 Å². The zero-order chi connectivity index (χ0) is 46.4. The highest BCUT2D eigenvalue weighted by Crippen LogP contribution is 2.27. The first-order valence-electron chi connectivity index (χ1n) is 21.5. The normalized spacial score (nSPS) is 11.6. The number of nitrogens with zero attached hydrogens (tertiary/aromatic N) is 1. The summed E-state index contributed by atoms with van der Waals surface area (Å²) in [5.74, 6) is 0. The summed E-state index contributed by atoms with van der Waals surface area (Å²) in [6, 6.07) is 33.5. The van der Waals surface area contributed by atoms with Gasteiger partial charge in [-0.15, -0.1) is 0 Å². The van der Waals surface area contributed by atoms with Crippen LogP contribution in [0.2, 0.25) is 0 Å². The highest BCUT2D eigenvalue weighted by atomic mass is 32.2. The summed E-state index contributed by atoms with van der Waals surface area (Å²) in [5.41, 5.74) is 2.17. The van der Waals surface area contributed by atoms with E-state index in [1.165, 1.54) is 101 Å². The van der Waals surface area contributed by atoms with E-state index in [4.69, 9.17) is 0 Å². The molecule has 4 N–H and O–H groups in total. The summed E-state index contributed by atoms with van der Waals surface area (Å²) in [6.07, 6.45) is 16.5. The highest BCUT2D eigenvalue weighted by molar-refractivity contribution is 7.86. The highest BCUT2D eigenvalue weighted by Gasteiger charge is 2.16. The van der Waals surface area contributed by atoms with Gasteiger partial charge in [0.25, 0.3) is 0 Å². The lowest BCUT2D eigenvalue weighted by Crippen LogP contribution is -2.39. The minimum Gasteiger partial charge on any atom is -0.744 e. The van der Waals surface area contributed by atoms with Gasteiger partial charge in [-0.3, -0.25) is 0 Å². The number of rotatable bonds is 21. The molecule has 0 spiro atoms. The van der Waals surface area contributed by atoms with Crippen molar-refractivity contribution in [3.05, 3.63) is 144 Å². The number of urea groups is 2. The van der Waals surface area contributed by atoms with Gasteiger partial charge in [-0.2, -0.15) is 0 Å². The third kappa shape index (κ3) is 18.9. The average Bonchev–Trinajstić information content (AvgIpc) is 3.24. The van der Waals surface area contributed by atoms with Gasteiger partial charge in [0.15, 0.2) is 0 Å². The first kappa shape index (κ1) is 50.8. The monoisotopic (exact) mass is 910 g/mol. The van der Waals surface area contributed by atoms with E-state index in [9.17, 15) is 35.5 Å². The summed E-state index contributed by atoms with van der Waals surface area (Å²) in [7, 11) is -5.37. The Morgan fingerprint density at radius 3 is 1.25 bits per heavy atom. The Labute approximate surface area is 379 Å². The second kappa shape index (κ2) is 25.5. The van der Waals surface area contributed by atoms with E-state index in [0.29, 0.717) is 11.4 Å². The van der Waals surface area contributed by atoms with E-state index in [-0.39, 0.29) is 22.5 Å². The molecule has 0 unspecified atom stereocenters. The van der Waals surface area contributed by atoms with Crippen molar-refractivity contribution in [3.63, 3.8) is 0 Å². The minimum absolute atomic E-state index is 0.00189. The van der Waals surface area contributed by atoms with Crippen LogP contribution in [0.4, 0.5) is 32.3 Å². The fraction of sp³-hybridized carbons (Fsp3) is 0.306. The molecule has 0 fully saturated rings. The zero-order valence-corrected chi connectivity index (χ0v) is 38.4. The molecule has 0 aromatic heterocycles. The van der Waals surface area contributed by atoms with Crippen molar-refractivity contribution >= 4 is 67.2 Å². The Hall–Kier alpha value is -5.84. The van der Waals surface area contributed by atoms with Gasteiger partial charge in [-0.25, -0.2) is 26.4 Å². The molecule has 4 amide bonds. The fourth-order valence-corrected chi connectivity index (χ4v) is 8.32. The van der Waals surface area contributed by atoms with Gasteiger partial charge in [0.05, 0.1) is 30.4 Å². The minimum atomic E-state index is -5.05. The van der Waals surface area contributed by atoms with Crippen LogP contribution in [0.3, 0.4) is 0 Å². The Bertz CT molecular complexity index is 2350. The van der Waals surface area contributed by atoms with E-state index >= 15 is 0 Å². The lowest BCUT2D eigenvalue weighted by atomic mass is 10.1. The molecular formula is C49H60N5O8S2-. The number of anilines is 4. The van der Waals surface area contributed by atoms with E-state index in [1.807, 2.05) is 0 Å². The van der Waals surface area contributed by atoms with Crippen molar-refractivity contribution in [2.75, 3.05) is 41.9 Å². The summed E-state index contributed by atoms with van der Waals surface area (Å²) >= 11 is 0. The van der Waals surface area contributed by atoms with Crippen molar-refractivity contribution in [1.82, 2.24) is 0 Å². The van der Waals surface area contributed by atoms with Crippen molar-refractivity contribution in [2.24, 2.45) is 0 Å². The molecular weight excluding hydrogens is 851 g/mol. The Morgan fingerprint density at radius 1 is 0.500 bits per heavy atom. The second-order valence-corrected chi connectivity index (χ2v) is 18.8. The largest absolute Gasteiger partial charge is 0.744 e. The first-order chi connectivity index (χ1) is 30.5. The summed E-state index contributed by atoms with van der Waals surface area (Å²) in [6.45, 7) is 4.74. The molecule has 0 aliphatic heterocycles. The maximum Gasteiger partial charge on any atom is 0.323 e. The number of unbranched alkanes of at least 4 members (excludes halogenated alkanes) is 9. The maximum atomic E-state index is 12.3. The van der Waals surface area contributed by atoms with Gasteiger partial charge >= 0.3 is 12.1 Å². The van der Waals surface area contributed by atoms with Crippen LogP contribution < -0.4 is 21.3 Å². The van der Waals surface area contributed by atoms with Crippen molar-refractivity contribution in [1.29, 1.82) is 0 Å². The molecule has 5 rings (SSSR count). The van der Waals surface area contributed by atoms with Crippen LogP contribution in [0.15, 0.2) is 137 Å². The molecule has 13 nitrogen and oxygen atoms in total. The van der Waals surface area contributed by atoms with Gasteiger partial charge in [-0.1, -0.05) is 149 Å². The van der Waals surface area contributed by atoms with Crippen LogP contribution in [0.5, 0.6) is 0 Å². The zero-order valence-electron chi connectivity index (χ0n) is 36.8. The van der Waals surface area contributed by atoms with Crippen LogP contribution >= 0.6 is 0 Å². The van der Waals surface area contributed by atoms with Gasteiger partial charge in [0, 0.05) is 28.3 Å². The van der Waals surface area contributed by atoms with Crippen molar-refractivity contribution < 1.29 is 40.0 Å². The quantitative estimate of drug-likeness (QED) is 0.0241. The number of benzene rings is 5. The summed E-state index contributed by atoms with van der Waals surface area (Å²) in [5, 5.41) is 9.96. The van der Waals surface area contributed by atoms with Crippen molar-refractivity contribution in [2.45, 2.75) is 87.5 Å². The maximum absolute atomic E-state index is 12.3. The summed E-state index contributed by atoms with van der Waals surface area (Å²) in [4.78, 5) is 23.2. The van der Waals surface area contributed by atoms with Gasteiger partial charge < -0.3 is 34.9 Å². The molecule has 0 atom stereocenters. The number of carbonyl (C=O) groups excluding carboxylic acids is 2. The number of hydrogen-bond donors (Lipinski definition) is 4. The summed E-state index contributed by atoms with van der Waals surface area (Å²) < 4.78 is 73.0. The lowest BCUT2D eigenvalue weighted by Gasteiger charge is -2.30. The molecule has 5 aromatic carbocycles. The Morgan fingerprint density at radius 2 is 0.859 bits per heavy atom. The number of nitrogens with one attached hydrogen (secondary N) is 4. The molecule has 0 bridgehead atoms. The predicted octanol–water partition coefficient (Wildman–Crippen LogP) is 11.1. The van der Waals surface area contributed by atoms with Crippen LogP contribution in [0, 0.1) is 0 Å². The third-order valence-corrected chi connectivity index (χ3v) is 11.9. The fourth-order valence-electron chi connectivity index (χ4n) is 6.93. The number of quaternary nitrogens is 1. The van der Waals surface area contributed by atoms with Crippen LogP contribution in [0.25, 0.3) is 12.2 Å². The standard InChI is InChI=1S/C28H24N4O8S2.C21H38N/c33-27(29-21-7-3-1-4-8-21)31-23-15-13-19(25(17-23)41(35,36)37)11-12-20-14-16-24(18-26(20)42(38,39)40)32-28(34)30-22-9-5-2-6-10-22;1-4-5-6-7-8-9-10-11-12-16-19-22(2,3)20-21-17-14-13-15-18-21/h1-18H,(H2,29,31,33)(H2,30,32,34)(H,35,36,37)(H,38,39,40);13-15,17-18H,4-12,16,19-20H2,1-3H3/q;+1/p-2. The Balaban J connectivity index is 0.000000344. The lowest BCUT2D eigenvalue weighted by molar-refractivity contribution is -0.903. The number of carbonyl (C=O) groups is 2. The van der Waals surface area contributed by atoms with Gasteiger partial charge in [0.2, 0.25) is 0 Å². The molecule has 64 heavy (non-hydrogen) atoms. The molecule has 0 aliphatic carbocycles. The number of amides is 4. The Kier molecular flexibility index (Phi) is 20.2. The molecule has 0 saturated carbocycles. The molecule has 0 aliphatic rings. The van der Waals surface area contributed by atoms with E-state index in [2.05, 4.69) is 72.6 Å². The number of para-hydroxylation sites is 2. The molecule has 5 aromatic rings. The SMILES string of the molecule is CCCCCCCCCCCC[N+](C)(C)Cc1ccccc1.O=C(Nc1ccccc1)Nc1ccc(C=Cc2ccc(NC(=O)Nc3ccccc3)cc2S(=O)(=O)[O-])c(S(=O)(=O)[O-])c1. The molecule has 0 heterocycles. The number of hydrogen-bond acceptors (Lipinski definition) is 8. The second-order valence-electron chi connectivity index (χ2n) is 16.1. The van der Waals surface area contributed by atoms with E-state index in [1.54, 1.807) is 60.7 Å². The smallest absolute Gasteiger partial charge is 0.323 e. The van der Waals surface area contributed by atoms with Crippen LogP contribution in [-0.4, -0.2) is 63.1 Å². The van der Waals surface area contributed by atoms with Crippen LogP contribution in [0.1, 0.15) is 87.8 Å². The van der Waals surface area contributed by atoms with E-state index < -0.39 is 42.1 Å². The molecule has 342 valence electrons. The first-order valence-corrected chi connectivity index (χ1v) is 24.3. The molecule has 0 saturated heterocycles. The molecule has 0 radical (unpaired) electrons. The van der Waals surface area contributed by atoms with Crippen molar-refractivity contribution in [3.8, 4) is 0 Å². The van der Waals surface area contributed by atoms with Gasteiger partial charge in [-0.05, 0) is 72.5 Å². The third-order valence-electron chi connectivity index (χ3n) is 10.2. The predicted molar refractivity (Wildman–Crippen MR) is 255 cm³/mol. The molecule has 15 heteroatoms. The average molecular weight is 911 g/mol.